The van der Waals surface area contributed by atoms with Gasteiger partial charge in [-0.1, -0.05) is 78.9 Å². The lowest BCUT2D eigenvalue weighted by Crippen LogP contribution is -2.09. The fourth-order valence-electron chi connectivity index (χ4n) is 3.67. The van der Waals surface area contributed by atoms with E-state index in [2.05, 4.69) is 41.4 Å². The summed E-state index contributed by atoms with van der Waals surface area (Å²) in [5.74, 6) is 0.0904. The van der Waals surface area contributed by atoms with Crippen molar-refractivity contribution in [2.24, 2.45) is 0 Å². The van der Waals surface area contributed by atoms with Crippen molar-refractivity contribution in [3.63, 3.8) is 0 Å². The van der Waals surface area contributed by atoms with E-state index in [1.165, 1.54) is 0 Å². The van der Waals surface area contributed by atoms with E-state index >= 15 is 0 Å². The minimum Gasteiger partial charge on any atom is -0.392 e. The third-order valence-corrected chi connectivity index (χ3v) is 5.38. The van der Waals surface area contributed by atoms with Gasteiger partial charge in [-0.05, 0) is 39.9 Å². The number of Topliss-reactive ketones (excluding diaryl/α,β-unsaturated/α-hetero) is 1. The van der Waals surface area contributed by atoms with Crippen LogP contribution >= 0.6 is 0 Å². The van der Waals surface area contributed by atoms with Crippen LogP contribution in [-0.4, -0.2) is 15.9 Å². The van der Waals surface area contributed by atoms with Gasteiger partial charge in [0.2, 0.25) is 0 Å². The second-order valence-electron chi connectivity index (χ2n) is 7.30. The molecular formula is C27H23NO2. The molecular weight excluding hydrogens is 370 g/mol. The van der Waals surface area contributed by atoms with Crippen molar-refractivity contribution in [2.75, 3.05) is 0 Å². The van der Waals surface area contributed by atoms with Crippen molar-refractivity contribution >= 4 is 5.78 Å². The molecule has 1 N–H and O–H groups in total. The Hall–Kier alpha value is -3.56. The van der Waals surface area contributed by atoms with Gasteiger partial charge in [0.1, 0.15) is 0 Å². The average Bonchev–Trinajstić information content (AvgIpc) is 2.84. The molecule has 1 aromatic heterocycles. The van der Waals surface area contributed by atoms with E-state index in [0.717, 1.165) is 27.8 Å². The van der Waals surface area contributed by atoms with Crippen molar-refractivity contribution in [2.45, 2.75) is 18.9 Å². The Morgan fingerprint density at radius 2 is 1.30 bits per heavy atom. The van der Waals surface area contributed by atoms with E-state index in [9.17, 15) is 9.90 Å². The quantitative estimate of drug-likeness (QED) is 0.413. The Morgan fingerprint density at radius 3 is 1.90 bits per heavy atom. The zero-order chi connectivity index (χ0) is 20.8. The summed E-state index contributed by atoms with van der Waals surface area (Å²) in [6.07, 6.45) is 3.71. The molecule has 3 nitrogen and oxygen atoms in total. The zero-order valence-electron chi connectivity index (χ0n) is 16.6. The predicted octanol–water partition coefficient (Wildman–Crippen LogP) is 5.65. The predicted molar refractivity (Wildman–Crippen MR) is 119 cm³/mol. The molecule has 0 saturated heterocycles. The molecule has 4 aromatic rings. The normalized spacial score (nSPS) is 11.8. The summed E-state index contributed by atoms with van der Waals surface area (Å²) in [7, 11) is 0. The van der Waals surface area contributed by atoms with Gasteiger partial charge >= 0.3 is 0 Å². The van der Waals surface area contributed by atoms with Crippen molar-refractivity contribution in [3.05, 3.63) is 126 Å². The Balaban J connectivity index is 1.62. The smallest absolute Gasteiger partial charge is 0.163 e. The summed E-state index contributed by atoms with van der Waals surface area (Å²) in [6.45, 7) is 0.0451. The fraction of sp³-hybridized carbons (Fsp3) is 0.111. The number of rotatable bonds is 7. The van der Waals surface area contributed by atoms with Gasteiger partial charge in [0, 0.05) is 30.3 Å². The van der Waals surface area contributed by atoms with E-state index in [1.807, 2.05) is 42.5 Å². The number of aliphatic hydroxyl groups excluding tert-OH is 1. The van der Waals surface area contributed by atoms with Crippen molar-refractivity contribution in [3.8, 4) is 11.1 Å². The van der Waals surface area contributed by atoms with Crippen LogP contribution in [0.3, 0.4) is 0 Å². The Morgan fingerprint density at radius 1 is 0.733 bits per heavy atom. The third-order valence-electron chi connectivity index (χ3n) is 5.38. The maximum Gasteiger partial charge on any atom is 0.163 e. The monoisotopic (exact) mass is 393 g/mol. The number of nitrogens with zero attached hydrogens (tertiary/aromatic N) is 1. The van der Waals surface area contributed by atoms with Gasteiger partial charge in [0.05, 0.1) is 6.61 Å². The molecule has 3 heteroatoms. The molecule has 0 amide bonds. The number of hydrogen-bond acceptors (Lipinski definition) is 3. The average molecular weight is 393 g/mol. The highest BCUT2D eigenvalue weighted by Crippen LogP contribution is 2.31. The van der Waals surface area contributed by atoms with E-state index in [4.69, 9.17) is 0 Å². The first-order chi connectivity index (χ1) is 14.7. The van der Waals surface area contributed by atoms with Crippen LogP contribution in [-0.2, 0) is 6.61 Å². The second kappa shape index (κ2) is 9.29. The van der Waals surface area contributed by atoms with Gasteiger partial charge in [-0.25, -0.2) is 0 Å². The Kier molecular flexibility index (Phi) is 6.11. The van der Waals surface area contributed by atoms with Crippen LogP contribution < -0.4 is 0 Å². The van der Waals surface area contributed by atoms with Crippen LogP contribution in [0.4, 0.5) is 0 Å². The van der Waals surface area contributed by atoms with Crippen molar-refractivity contribution in [1.29, 1.82) is 0 Å². The largest absolute Gasteiger partial charge is 0.392 e. The van der Waals surface area contributed by atoms with Gasteiger partial charge in [-0.3, -0.25) is 9.78 Å². The minimum absolute atomic E-state index is 0.0160. The maximum atomic E-state index is 12.9. The fourth-order valence-corrected chi connectivity index (χ4v) is 3.67. The SMILES string of the molecule is O=C(CC(c1ccccc1)c1ccc(-c2ccc(CO)cc2)cc1)c1ccncc1. The summed E-state index contributed by atoms with van der Waals surface area (Å²) in [4.78, 5) is 16.9. The zero-order valence-corrected chi connectivity index (χ0v) is 16.6. The lowest BCUT2D eigenvalue weighted by molar-refractivity contribution is 0.0977. The summed E-state index contributed by atoms with van der Waals surface area (Å²) in [6, 6.07) is 30.0. The van der Waals surface area contributed by atoms with Crippen LogP contribution in [0.2, 0.25) is 0 Å². The molecule has 0 spiro atoms. The maximum absolute atomic E-state index is 12.9. The number of carbonyl (C=O) groups excluding carboxylic acids is 1. The van der Waals surface area contributed by atoms with Crippen molar-refractivity contribution in [1.82, 2.24) is 4.98 Å². The van der Waals surface area contributed by atoms with E-state index in [-0.39, 0.29) is 18.3 Å². The van der Waals surface area contributed by atoms with Crippen LogP contribution in [0.25, 0.3) is 11.1 Å². The molecule has 1 unspecified atom stereocenters. The summed E-state index contributed by atoms with van der Waals surface area (Å²) >= 11 is 0. The minimum atomic E-state index is -0.0160. The van der Waals surface area contributed by atoms with Gasteiger partial charge in [0.25, 0.3) is 0 Å². The second-order valence-corrected chi connectivity index (χ2v) is 7.30. The highest BCUT2D eigenvalue weighted by molar-refractivity contribution is 5.96. The number of pyridine rings is 1. The third kappa shape index (κ3) is 4.53. The number of hydrogen-bond donors (Lipinski definition) is 1. The van der Waals surface area contributed by atoms with Gasteiger partial charge < -0.3 is 5.11 Å². The molecule has 30 heavy (non-hydrogen) atoms. The molecule has 0 aliphatic heterocycles. The first-order valence-corrected chi connectivity index (χ1v) is 10.0. The standard InChI is InChI=1S/C27H23NO2/c29-19-20-6-8-21(9-7-20)22-10-12-24(13-11-22)26(23-4-2-1-3-5-23)18-27(30)25-14-16-28-17-15-25/h1-17,26,29H,18-19H2. The molecule has 4 rings (SSSR count). The Bertz CT molecular complexity index is 1090. The number of ketones is 1. The van der Waals surface area contributed by atoms with E-state index in [1.54, 1.807) is 24.5 Å². The number of aliphatic hydroxyl groups is 1. The van der Waals surface area contributed by atoms with Gasteiger partial charge in [-0.2, -0.15) is 0 Å². The van der Waals surface area contributed by atoms with Crippen LogP contribution in [0, 0.1) is 0 Å². The number of carbonyl (C=O) groups is 1. The topological polar surface area (TPSA) is 50.2 Å². The summed E-state index contributed by atoms with van der Waals surface area (Å²) in [5, 5.41) is 9.23. The lowest BCUT2D eigenvalue weighted by Gasteiger charge is -2.18. The first kappa shape index (κ1) is 19.7. The van der Waals surface area contributed by atoms with Crippen LogP contribution in [0.15, 0.2) is 103 Å². The van der Waals surface area contributed by atoms with Crippen molar-refractivity contribution < 1.29 is 9.90 Å². The molecule has 0 saturated carbocycles. The highest BCUT2D eigenvalue weighted by atomic mass is 16.3. The molecule has 0 aliphatic rings. The Labute approximate surface area is 176 Å². The van der Waals surface area contributed by atoms with E-state index in [0.29, 0.717) is 12.0 Å². The first-order valence-electron chi connectivity index (χ1n) is 10.0. The van der Waals surface area contributed by atoms with Crippen LogP contribution in [0.1, 0.15) is 39.4 Å². The molecule has 0 aliphatic carbocycles. The van der Waals surface area contributed by atoms with Gasteiger partial charge in [-0.15, -0.1) is 0 Å². The lowest BCUT2D eigenvalue weighted by atomic mass is 9.85. The number of aromatic nitrogens is 1. The molecule has 1 atom stereocenters. The van der Waals surface area contributed by atoms with Gasteiger partial charge in [0.15, 0.2) is 5.78 Å². The molecule has 1 heterocycles. The molecule has 0 bridgehead atoms. The molecule has 0 fully saturated rings. The highest BCUT2D eigenvalue weighted by Gasteiger charge is 2.19. The molecule has 0 radical (unpaired) electrons. The summed E-state index contributed by atoms with van der Waals surface area (Å²) in [5.41, 5.74) is 6.03. The van der Waals surface area contributed by atoms with Crippen LogP contribution in [0.5, 0.6) is 0 Å². The van der Waals surface area contributed by atoms with E-state index < -0.39 is 0 Å². The molecule has 148 valence electrons. The number of benzene rings is 3. The molecule has 3 aromatic carbocycles. The summed E-state index contributed by atoms with van der Waals surface area (Å²) < 4.78 is 0.